The first kappa shape index (κ1) is 16.2. The smallest absolute Gasteiger partial charge is 0.252 e. The summed E-state index contributed by atoms with van der Waals surface area (Å²) in [6, 6.07) is 13.0. The fraction of sp³-hybridized carbons (Fsp3) is 0.118. The van der Waals surface area contributed by atoms with Crippen LogP contribution in [0.2, 0.25) is 0 Å². The Labute approximate surface area is 147 Å². The van der Waals surface area contributed by atoms with E-state index in [1.165, 1.54) is 6.33 Å². The van der Waals surface area contributed by atoms with E-state index in [4.69, 9.17) is 4.74 Å². The second-order valence-corrected chi connectivity index (χ2v) is 5.89. The number of carbonyl (C=O) groups is 1. The highest BCUT2D eigenvalue weighted by Gasteiger charge is 2.11. The van der Waals surface area contributed by atoms with E-state index >= 15 is 0 Å². The fourth-order valence-electron chi connectivity index (χ4n) is 2.19. The van der Waals surface area contributed by atoms with Gasteiger partial charge in [0.25, 0.3) is 5.91 Å². The van der Waals surface area contributed by atoms with Crippen LogP contribution in [0.15, 0.2) is 59.6 Å². The van der Waals surface area contributed by atoms with E-state index in [1.807, 2.05) is 24.3 Å². The van der Waals surface area contributed by atoms with Crippen molar-refractivity contribution in [1.29, 1.82) is 0 Å². The summed E-state index contributed by atoms with van der Waals surface area (Å²) in [6.45, 7) is 0.431. The molecular weight excluding hydrogens is 372 g/mol. The number of hydrogen-bond donors (Lipinski definition) is 1. The molecule has 1 amide bonds. The average Bonchev–Trinajstić information content (AvgIpc) is 3.15. The molecule has 1 N–H and O–H groups in total. The summed E-state index contributed by atoms with van der Waals surface area (Å²) in [6.07, 6.45) is 3.12. The van der Waals surface area contributed by atoms with Crippen molar-refractivity contribution < 1.29 is 9.53 Å². The third kappa shape index (κ3) is 3.62. The number of amides is 1. The predicted octanol–water partition coefficient (Wildman–Crippen LogP) is 2.97. The highest BCUT2D eigenvalue weighted by atomic mass is 79.9. The SMILES string of the molecule is COc1ccc(Br)c(C(=O)NCc2ccc(-n3cncn3)cc2)c1. The Morgan fingerprint density at radius 1 is 1.25 bits per heavy atom. The number of nitrogens with zero attached hydrogens (tertiary/aromatic N) is 3. The van der Waals surface area contributed by atoms with Crippen molar-refractivity contribution in [1.82, 2.24) is 20.1 Å². The zero-order valence-electron chi connectivity index (χ0n) is 12.9. The molecule has 0 aliphatic rings. The second kappa shape index (κ2) is 7.27. The van der Waals surface area contributed by atoms with E-state index in [1.54, 1.807) is 36.3 Å². The zero-order chi connectivity index (χ0) is 16.9. The molecule has 1 heterocycles. The van der Waals surface area contributed by atoms with Crippen LogP contribution < -0.4 is 10.1 Å². The van der Waals surface area contributed by atoms with Crippen molar-refractivity contribution in [2.75, 3.05) is 7.11 Å². The Kier molecular flexibility index (Phi) is 4.90. The number of aromatic nitrogens is 3. The van der Waals surface area contributed by atoms with Crippen molar-refractivity contribution in [3.63, 3.8) is 0 Å². The van der Waals surface area contributed by atoms with Gasteiger partial charge in [-0.1, -0.05) is 12.1 Å². The van der Waals surface area contributed by atoms with Gasteiger partial charge in [0.15, 0.2) is 0 Å². The molecule has 0 atom stereocenters. The maximum Gasteiger partial charge on any atom is 0.252 e. The lowest BCUT2D eigenvalue weighted by molar-refractivity contribution is 0.0950. The average molecular weight is 387 g/mol. The fourth-order valence-corrected chi connectivity index (χ4v) is 2.62. The Balaban J connectivity index is 1.66. The number of ether oxygens (including phenoxy) is 1. The lowest BCUT2D eigenvalue weighted by Crippen LogP contribution is -2.23. The predicted molar refractivity (Wildman–Crippen MR) is 93.2 cm³/mol. The molecule has 0 aliphatic heterocycles. The lowest BCUT2D eigenvalue weighted by atomic mass is 10.1. The van der Waals surface area contributed by atoms with Crippen LogP contribution in [0.1, 0.15) is 15.9 Å². The Morgan fingerprint density at radius 3 is 2.71 bits per heavy atom. The molecule has 3 aromatic rings. The van der Waals surface area contributed by atoms with Gasteiger partial charge >= 0.3 is 0 Å². The Bertz CT molecular complexity index is 832. The number of rotatable bonds is 5. The number of hydrogen-bond acceptors (Lipinski definition) is 4. The van der Waals surface area contributed by atoms with Gasteiger partial charge < -0.3 is 10.1 Å². The summed E-state index contributed by atoms with van der Waals surface area (Å²) >= 11 is 3.39. The zero-order valence-corrected chi connectivity index (χ0v) is 14.5. The van der Waals surface area contributed by atoms with Crippen LogP contribution in [0, 0.1) is 0 Å². The number of halogens is 1. The van der Waals surface area contributed by atoms with Crippen LogP contribution >= 0.6 is 15.9 Å². The molecule has 24 heavy (non-hydrogen) atoms. The molecule has 0 fully saturated rings. The van der Waals surface area contributed by atoms with Crippen LogP contribution in [-0.4, -0.2) is 27.8 Å². The van der Waals surface area contributed by atoms with E-state index in [0.29, 0.717) is 17.9 Å². The molecule has 1 aromatic heterocycles. The molecule has 2 aromatic carbocycles. The first-order chi connectivity index (χ1) is 11.7. The molecule has 0 unspecified atom stereocenters. The molecule has 0 radical (unpaired) electrons. The largest absolute Gasteiger partial charge is 0.497 e. The van der Waals surface area contributed by atoms with Gasteiger partial charge in [-0.15, -0.1) is 0 Å². The molecule has 0 saturated carbocycles. The van der Waals surface area contributed by atoms with Crippen LogP contribution in [-0.2, 0) is 6.54 Å². The minimum atomic E-state index is -0.166. The van der Waals surface area contributed by atoms with Gasteiger partial charge in [0.05, 0.1) is 18.4 Å². The number of nitrogens with one attached hydrogen (secondary N) is 1. The molecule has 122 valence electrons. The van der Waals surface area contributed by atoms with Crippen molar-refractivity contribution in [2.45, 2.75) is 6.54 Å². The van der Waals surface area contributed by atoms with Crippen LogP contribution in [0.4, 0.5) is 0 Å². The summed E-state index contributed by atoms with van der Waals surface area (Å²) in [5, 5.41) is 6.98. The monoisotopic (exact) mass is 386 g/mol. The van der Waals surface area contributed by atoms with Gasteiger partial charge in [-0.05, 0) is 51.8 Å². The van der Waals surface area contributed by atoms with E-state index in [-0.39, 0.29) is 5.91 Å². The lowest BCUT2D eigenvalue weighted by Gasteiger charge is -2.09. The maximum atomic E-state index is 12.3. The Morgan fingerprint density at radius 2 is 2.04 bits per heavy atom. The maximum absolute atomic E-state index is 12.3. The van der Waals surface area contributed by atoms with Crippen LogP contribution in [0.5, 0.6) is 5.75 Å². The third-order valence-corrected chi connectivity index (χ3v) is 4.18. The Hall–Kier alpha value is -2.67. The van der Waals surface area contributed by atoms with E-state index in [2.05, 4.69) is 31.3 Å². The van der Waals surface area contributed by atoms with Crippen LogP contribution in [0.25, 0.3) is 5.69 Å². The molecular formula is C17H15BrN4O2. The van der Waals surface area contributed by atoms with E-state index in [0.717, 1.165) is 15.7 Å². The number of benzene rings is 2. The van der Waals surface area contributed by atoms with E-state index < -0.39 is 0 Å². The van der Waals surface area contributed by atoms with Gasteiger partial charge in [-0.3, -0.25) is 4.79 Å². The molecule has 0 spiro atoms. The van der Waals surface area contributed by atoms with Gasteiger partial charge in [0.1, 0.15) is 18.4 Å². The van der Waals surface area contributed by atoms with Gasteiger partial charge in [0.2, 0.25) is 0 Å². The van der Waals surface area contributed by atoms with Crippen molar-refractivity contribution in [2.24, 2.45) is 0 Å². The molecule has 3 rings (SSSR count). The second-order valence-electron chi connectivity index (χ2n) is 5.03. The van der Waals surface area contributed by atoms with Gasteiger partial charge in [-0.25, -0.2) is 9.67 Å². The van der Waals surface area contributed by atoms with Gasteiger partial charge in [-0.2, -0.15) is 5.10 Å². The quantitative estimate of drug-likeness (QED) is 0.731. The summed E-state index contributed by atoms with van der Waals surface area (Å²) in [5.74, 6) is 0.474. The standard InChI is InChI=1S/C17H15BrN4O2/c1-24-14-6-7-16(18)15(8-14)17(23)20-9-12-2-4-13(5-3-12)22-11-19-10-21-22/h2-8,10-11H,9H2,1H3,(H,20,23). The summed E-state index contributed by atoms with van der Waals surface area (Å²) < 4.78 is 7.56. The highest BCUT2D eigenvalue weighted by molar-refractivity contribution is 9.10. The molecule has 7 heteroatoms. The van der Waals surface area contributed by atoms with Gasteiger partial charge in [0, 0.05) is 11.0 Å². The minimum absolute atomic E-state index is 0.166. The summed E-state index contributed by atoms with van der Waals surface area (Å²) in [4.78, 5) is 16.3. The molecule has 6 nitrogen and oxygen atoms in total. The normalized spacial score (nSPS) is 10.4. The third-order valence-electron chi connectivity index (χ3n) is 3.49. The molecule has 0 bridgehead atoms. The van der Waals surface area contributed by atoms with Crippen molar-refractivity contribution in [3.8, 4) is 11.4 Å². The number of methoxy groups -OCH3 is 1. The highest BCUT2D eigenvalue weighted by Crippen LogP contribution is 2.22. The topological polar surface area (TPSA) is 69.0 Å². The summed E-state index contributed by atoms with van der Waals surface area (Å²) in [5.41, 5.74) is 2.44. The molecule has 0 saturated heterocycles. The van der Waals surface area contributed by atoms with E-state index in [9.17, 15) is 4.79 Å². The first-order valence-electron chi connectivity index (χ1n) is 7.23. The first-order valence-corrected chi connectivity index (χ1v) is 8.02. The van der Waals surface area contributed by atoms with Crippen molar-refractivity contribution in [3.05, 3.63) is 70.7 Å². The van der Waals surface area contributed by atoms with Crippen molar-refractivity contribution >= 4 is 21.8 Å². The minimum Gasteiger partial charge on any atom is -0.497 e. The van der Waals surface area contributed by atoms with Crippen LogP contribution in [0.3, 0.4) is 0 Å². The summed E-state index contributed by atoms with van der Waals surface area (Å²) in [7, 11) is 1.57. The number of carbonyl (C=O) groups excluding carboxylic acids is 1. The molecule has 0 aliphatic carbocycles.